The Balaban J connectivity index is 1.39. The number of nitrogens with one attached hydrogen (secondary N) is 1. The van der Waals surface area contributed by atoms with Gasteiger partial charge in [0.05, 0.1) is 37.3 Å². The topological polar surface area (TPSA) is 67.3 Å². The molecule has 0 radical (unpaired) electrons. The monoisotopic (exact) mass is 394 g/mol. The van der Waals surface area contributed by atoms with E-state index in [9.17, 15) is 4.79 Å². The fourth-order valence-electron chi connectivity index (χ4n) is 3.25. The maximum Gasteiger partial charge on any atom is 0.226 e. The van der Waals surface area contributed by atoms with E-state index < -0.39 is 0 Å². The van der Waals surface area contributed by atoms with E-state index >= 15 is 0 Å². The van der Waals surface area contributed by atoms with Crippen LogP contribution < -0.4 is 5.32 Å². The Morgan fingerprint density at radius 1 is 1.25 bits per heavy atom. The van der Waals surface area contributed by atoms with E-state index in [0.717, 1.165) is 29.4 Å². The van der Waals surface area contributed by atoms with Gasteiger partial charge in [0.1, 0.15) is 5.01 Å². The fraction of sp³-hybridized carbons (Fsp3) is 0.286. The van der Waals surface area contributed by atoms with Crippen LogP contribution in [0.15, 0.2) is 60.2 Å². The Morgan fingerprint density at radius 2 is 2.14 bits per heavy atom. The highest BCUT2D eigenvalue weighted by Gasteiger charge is 2.26. The summed E-state index contributed by atoms with van der Waals surface area (Å²) in [5.74, 6) is -0.0300. The second kappa shape index (κ2) is 9.05. The molecule has 1 atom stereocenters. The molecule has 0 saturated carbocycles. The third kappa shape index (κ3) is 4.81. The Hall–Kier alpha value is -2.61. The molecule has 1 aliphatic heterocycles. The number of benzene rings is 1. The molecule has 0 bridgehead atoms. The summed E-state index contributed by atoms with van der Waals surface area (Å²) in [4.78, 5) is 23.5. The van der Waals surface area contributed by atoms with Crippen molar-refractivity contribution in [2.45, 2.75) is 19.0 Å². The van der Waals surface area contributed by atoms with Crippen LogP contribution in [0, 0.1) is 0 Å². The highest BCUT2D eigenvalue weighted by Crippen LogP contribution is 2.24. The maximum absolute atomic E-state index is 12.4. The molecule has 7 heteroatoms. The number of pyridine rings is 1. The number of rotatable bonds is 6. The lowest BCUT2D eigenvalue weighted by molar-refractivity contribution is -0.119. The average Bonchev–Trinajstić information content (AvgIpc) is 3.19. The van der Waals surface area contributed by atoms with Gasteiger partial charge < -0.3 is 10.1 Å². The van der Waals surface area contributed by atoms with Crippen molar-refractivity contribution < 1.29 is 9.53 Å². The van der Waals surface area contributed by atoms with Crippen LogP contribution in [-0.2, 0) is 16.1 Å². The molecule has 1 aromatic carbocycles. The van der Waals surface area contributed by atoms with E-state index in [1.165, 1.54) is 0 Å². The lowest BCUT2D eigenvalue weighted by Crippen LogP contribution is -2.46. The number of hydrogen-bond acceptors (Lipinski definition) is 6. The smallest absolute Gasteiger partial charge is 0.226 e. The van der Waals surface area contributed by atoms with Gasteiger partial charge in [-0.2, -0.15) is 0 Å². The molecular weight excluding hydrogens is 372 g/mol. The molecule has 144 valence electrons. The lowest BCUT2D eigenvalue weighted by atomic mass is 10.1. The molecule has 3 aromatic rings. The van der Waals surface area contributed by atoms with Gasteiger partial charge in [-0.1, -0.05) is 30.3 Å². The summed E-state index contributed by atoms with van der Waals surface area (Å²) in [6.07, 6.45) is 3.71. The first-order valence-electron chi connectivity index (χ1n) is 9.29. The van der Waals surface area contributed by atoms with Gasteiger partial charge in [-0.3, -0.25) is 14.7 Å². The molecular formula is C21H22N4O2S. The van der Waals surface area contributed by atoms with Crippen molar-refractivity contribution >= 4 is 22.9 Å². The van der Waals surface area contributed by atoms with Crippen molar-refractivity contribution in [1.29, 1.82) is 0 Å². The fourth-order valence-corrected chi connectivity index (χ4v) is 4.07. The van der Waals surface area contributed by atoms with Gasteiger partial charge in [-0.05, 0) is 12.1 Å². The van der Waals surface area contributed by atoms with Crippen LogP contribution in [0.3, 0.4) is 0 Å². The van der Waals surface area contributed by atoms with Crippen molar-refractivity contribution in [2.24, 2.45) is 0 Å². The molecule has 1 saturated heterocycles. The summed E-state index contributed by atoms with van der Waals surface area (Å²) in [5.41, 5.74) is 2.84. The molecule has 0 aliphatic carbocycles. The largest absolute Gasteiger partial charge is 0.378 e. The van der Waals surface area contributed by atoms with Gasteiger partial charge in [-0.15, -0.1) is 11.3 Å². The summed E-state index contributed by atoms with van der Waals surface area (Å²) in [5, 5.41) is 6.05. The number of carbonyl (C=O) groups excluding carboxylic acids is 1. The summed E-state index contributed by atoms with van der Waals surface area (Å²) in [6.45, 7) is 2.76. The second-order valence-corrected chi connectivity index (χ2v) is 7.63. The normalized spacial score (nSPS) is 17.4. The van der Waals surface area contributed by atoms with Gasteiger partial charge in [-0.25, -0.2) is 4.98 Å². The predicted molar refractivity (Wildman–Crippen MR) is 110 cm³/mol. The number of aromatic nitrogens is 2. The molecule has 6 nitrogen and oxygen atoms in total. The van der Waals surface area contributed by atoms with Crippen LogP contribution in [-0.4, -0.2) is 46.6 Å². The highest BCUT2D eigenvalue weighted by molar-refractivity contribution is 7.09. The third-order valence-electron chi connectivity index (χ3n) is 4.68. The SMILES string of the molecule is O=C(C[C@H]1COCCN1Cc1nc(-c2ccccc2)cs1)Nc1cccnc1. The summed E-state index contributed by atoms with van der Waals surface area (Å²) >= 11 is 1.66. The van der Waals surface area contributed by atoms with E-state index in [-0.39, 0.29) is 11.9 Å². The van der Waals surface area contributed by atoms with Crippen LogP contribution in [0.4, 0.5) is 5.69 Å². The highest BCUT2D eigenvalue weighted by atomic mass is 32.1. The Labute approximate surface area is 168 Å². The number of anilines is 1. The molecule has 2 aromatic heterocycles. The molecule has 1 amide bonds. The van der Waals surface area contributed by atoms with Crippen LogP contribution in [0.5, 0.6) is 0 Å². The number of thiazole rings is 1. The van der Waals surface area contributed by atoms with Gasteiger partial charge in [0.15, 0.2) is 0 Å². The predicted octanol–water partition coefficient (Wildman–Crippen LogP) is 3.43. The number of ether oxygens (including phenoxy) is 1. The Kier molecular flexibility index (Phi) is 6.06. The minimum Gasteiger partial charge on any atom is -0.378 e. The maximum atomic E-state index is 12.4. The second-order valence-electron chi connectivity index (χ2n) is 6.69. The van der Waals surface area contributed by atoms with E-state index in [0.29, 0.717) is 25.3 Å². The standard InChI is InChI=1S/C21H22N4O2S/c26-20(23-17-7-4-8-22-12-17)11-18-14-27-10-9-25(18)13-21-24-19(15-28-21)16-5-2-1-3-6-16/h1-8,12,15,18H,9-11,13-14H2,(H,23,26)/t18-/m0/s1. The van der Waals surface area contributed by atoms with Crippen LogP contribution in [0.1, 0.15) is 11.4 Å². The van der Waals surface area contributed by atoms with Crippen molar-refractivity contribution in [3.8, 4) is 11.3 Å². The zero-order valence-electron chi connectivity index (χ0n) is 15.5. The van der Waals surface area contributed by atoms with Crippen molar-refractivity contribution in [2.75, 3.05) is 25.1 Å². The average molecular weight is 395 g/mol. The first kappa shape index (κ1) is 18.7. The van der Waals surface area contributed by atoms with E-state index in [1.807, 2.05) is 24.3 Å². The first-order valence-corrected chi connectivity index (χ1v) is 10.2. The Bertz CT molecular complexity index is 901. The van der Waals surface area contributed by atoms with E-state index in [1.54, 1.807) is 29.8 Å². The summed E-state index contributed by atoms with van der Waals surface area (Å²) in [7, 11) is 0. The van der Waals surface area contributed by atoms with E-state index in [2.05, 4.69) is 32.7 Å². The van der Waals surface area contributed by atoms with Crippen LogP contribution in [0.25, 0.3) is 11.3 Å². The molecule has 3 heterocycles. The minimum absolute atomic E-state index is 0.0300. The molecule has 1 aliphatic rings. The quantitative estimate of drug-likeness (QED) is 0.694. The number of hydrogen-bond donors (Lipinski definition) is 1. The first-order chi connectivity index (χ1) is 13.8. The minimum atomic E-state index is -0.0300. The molecule has 1 N–H and O–H groups in total. The summed E-state index contributed by atoms with van der Waals surface area (Å²) < 4.78 is 5.62. The molecule has 1 fully saturated rings. The number of carbonyl (C=O) groups is 1. The van der Waals surface area contributed by atoms with Crippen molar-refractivity contribution in [1.82, 2.24) is 14.9 Å². The number of nitrogens with zero attached hydrogens (tertiary/aromatic N) is 3. The molecule has 4 rings (SSSR count). The van der Waals surface area contributed by atoms with Crippen LogP contribution in [0.2, 0.25) is 0 Å². The van der Waals surface area contributed by atoms with Crippen molar-refractivity contribution in [3.63, 3.8) is 0 Å². The molecule has 28 heavy (non-hydrogen) atoms. The zero-order chi connectivity index (χ0) is 19.2. The van der Waals surface area contributed by atoms with Gasteiger partial charge in [0.25, 0.3) is 0 Å². The Morgan fingerprint density at radius 3 is 2.96 bits per heavy atom. The number of amides is 1. The van der Waals surface area contributed by atoms with Crippen molar-refractivity contribution in [3.05, 3.63) is 65.2 Å². The van der Waals surface area contributed by atoms with Gasteiger partial charge in [0.2, 0.25) is 5.91 Å². The van der Waals surface area contributed by atoms with E-state index in [4.69, 9.17) is 9.72 Å². The summed E-state index contributed by atoms with van der Waals surface area (Å²) in [6, 6.07) is 13.9. The number of morpholine rings is 1. The third-order valence-corrected chi connectivity index (χ3v) is 5.51. The zero-order valence-corrected chi connectivity index (χ0v) is 16.3. The molecule has 0 unspecified atom stereocenters. The van der Waals surface area contributed by atoms with Crippen LogP contribution >= 0.6 is 11.3 Å². The van der Waals surface area contributed by atoms with Gasteiger partial charge >= 0.3 is 0 Å². The van der Waals surface area contributed by atoms with Gasteiger partial charge in [0, 0.05) is 36.1 Å². The lowest BCUT2D eigenvalue weighted by Gasteiger charge is -2.34. The molecule has 0 spiro atoms.